The number of nitrogens with one attached hydrogen (secondary N) is 1. The Bertz CT molecular complexity index is 816. The molecule has 3 heterocycles. The van der Waals surface area contributed by atoms with Gasteiger partial charge in [-0.3, -0.25) is 0 Å². The third-order valence-corrected chi connectivity index (χ3v) is 4.27. The number of piperidine rings is 1. The van der Waals surface area contributed by atoms with Gasteiger partial charge in [0.2, 0.25) is 6.79 Å². The number of nitrogens with zero attached hydrogens (tertiary/aromatic N) is 3. The number of rotatable bonds is 3. The highest BCUT2D eigenvalue weighted by atomic mass is 19.3. The molecule has 1 N–H and O–H groups in total. The van der Waals surface area contributed by atoms with Gasteiger partial charge < -0.3 is 24.2 Å². The Labute approximate surface area is 147 Å². The van der Waals surface area contributed by atoms with Gasteiger partial charge in [0.15, 0.2) is 17.3 Å². The lowest BCUT2D eigenvalue weighted by Crippen LogP contribution is -2.47. The van der Waals surface area contributed by atoms with Crippen molar-refractivity contribution in [1.82, 2.24) is 20.4 Å². The first-order valence-electron chi connectivity index (χ1n) is 8.13. The second-order valence-corrected chi connectivity index (χ2v) is 6.09. The first-order valence-corrected chi connectivity index (χ1v) is 8.13. The molecule has 0 aliphatic carbocycles. The van der Waals surface area contributed by atoms with Crippen LogP contribution >= 0.6 is 0 Å². The summed E-state index contributed by atoms with van der Waals surface area (Å²) in [6.07, 6.45) is -0.645. The Morgan fingerprint density at radius 1 is 1.23 bits per heavy atom. The summed E-state index contributed by atoms with van der Waals surface area (Å²) in [4.78, 5) is 17.6. The molecule has 0 spiro atoms. The standard InChI is InChI=1S/C16H16F2N4O4/c17-16(18)3-5-22(6-4-16)15(23)19-8-13-20-14(26-21-13)10-1-2-11-12(7-10)25-9-24-11/h1-2,7H,3-6,8-9H2,(H,19,23). The molecule has 1 saturated heterocycles. The Hall–Kier alpha value is -2.91. The van der Waals surface area contributed by atoms with Gasteiger partial charge in [-0.2, -0.15) is 4.98 Å². The number of hydrogen-bond donors (Lipinski definition) is 1. The molecule has 1 aromatic carbocycles. The number of benzene rings is 1. The van der Waals surface area contributed by atoms with Crippen molar-refractivity contribution < 1.29 is 27.6 Å². The number of hydrogen-bond acceptors (Lipinski definition) is 6. The summed E-state index contributed by atoms with van der Waals surface area (Å²) in [6, 6.07) is 4.81. The first kappa shape index (κ1) is 16.6. The number of halogens is 2. The van der Waals surface area contributed by atoms with Crippen LogP contribution in [0, 0.1) is 0 Å². The molecule has 26 heavy (non-hydrogen) atoms. The largest absolute Gasteiger partial charge is 0.454 e. The van der Waals surface area contributed by atoms with E-state index in [0.29, 0.717) is 17.1 Å². The highest BCUT2D eigenvalue weighted by Gasteiger charge is 2.35. The number of carbonyl (C=O) groups excluding carboxylic acids is 1. The van der Waals surface area contributed by atoms with Crippen molar-refractivity contribution >= 4 is 6.03 Å². The average molecular weight is 366 g/mol. The molecule has 0 unspecified atom stereocenters. The Kier molecular flexibility index (Phi) is 4.09. The Morgan fingerprint density at radius 2 is 2.00 bits per heavy atom. The molecule has 0 atom stereocenters. The van der Waals surface area contributed by atoms with Gasteiger partial charge in [0.25, 0.3) is 11.8 Å². The summed E-state index contributed by atoms with van der Waals surface area (Å²) < 4.78 is 42.0. The number of likely N-dealkylation sites (tertiary alicyclic amines) is 1. The van der Waals surface area contributed by atoms with Gasteiger partial charge in [0, 0.05) is 31.5 Å². The van der Waals surface area contributed by atoms with Crippen LogP contribution in [0.1, 0.15) is 18.7 Å². The van der Waals surface area contributed by atoms with Crippen molar-refractivity contribution in [3.63, 3.8) is 0 Å². The molecule has 0 saturated carbocycles. The second kappa shape index (κ2) is 6.43. The highest BCUT2D eigenvalue weighted by Crippen LogP contribution is 2.35. The molecule has 2 amide bonds. The maximum absolute atomic E-state index is 13.1. The molecule has 2 aliphatic rings. The highest BCUT2D eigenvalue weighted by molar-refractivity contribution is 5.74. The van der Waals surface area contributed by atoms with Gasteiger partial charge in [-0.15, -0.1) is 0 Å². The molecular weight excluding hydrogens is 350 g/mol. The maximum atomic E-state index is 13.1. The lowest BCUT2D eigenvalue weighted by atomic mass is 10.1. The van der Waals surface area contributed by atoms with Crippen molar-refractivity contribution in [1.29, 1.82) is 0 Å². The molecule has 1 aromatic heterocycles. The fourth-order valence-electron chi connectivity index (χ4n) is 2.78. The SMILES string of the molecule is O=C(NCc1noc(-c2ccc3c(c2)OCO3)n1)N1CCC(F)(F)CC1. The molecule has 2 aliphatic heterocycles. The van der Waals surface area contributed by atoms with Gasteiger partial charge in [0.1, 0.15) is 0 Å². The smallest absolute Gasteiger partial charge is 0.317 e. The maximum Gasteiger partial charge on any atom is 0.317 e. The van der Waals surface area contributed by atoms with E-state index in [9.17, 15) is 13.6 Å². The zero-order valence-corrected chi connectivity index (χ0v) is 13.7. The van der Waals surface area contributed by atoms with Crippen LogP contribution in [-0.2, 0) is 6.54 Å². The van der Waals surface area contributed by atoms with Crippen LogP contribution in [0.15, 0.2) is 22.7 Å². The minimum Gasteiger partial charge on any atom is -0.454 e. The molecule has 0 bridgehead atoms. The molecule has 2 aromatic rings. The zero-order valence-electron chi connectivity index (χ0n) is 13.7. The van der Waals surface area contributed by atoms with E-state index >= 15 is 0 Å². The van der Waals surface area contributed by atoms with Crippen LogP contribution in [0.3, 0.4) is 0 Å². The summed E-state index contributed by atoms with van der Waals surface area (Å²) in [7, 11) is 0. The number of aromatic nitrogens is 2. The fraction of sp³-hybridized carbons (Fsp3) is 0.438. The van der Waals surface area contributed by atoms with Crippen molar-refractivity contribution in [3.8, 4) is 23.0 Å². The molecule has 138 valence electrons. The van der Waals surface area contributed by atoms with Crippen molar-refractivity contribution in [2.24, 2.45) is 0 Å². The van der Waals surface area contributed by atoms with E-state index in [1.165, 1.54) is 4.90 Å². The topological polar surface area (TPSA) is 89.7 Å². The summed E-state index contributed by atoms with van der Waals surface area (Å²) in [5.41, 5.74) is 0.664. The van der Waals surface area contributed by atoms with E-state index < -0.39 is 12.0 Å². The van der Waals surface area contributed by atoms with E-state index in [-0.39, 0.29) is 51.0 Å². The molecule has 0 radical (unpaired) electrons. The lowest BCUT2D eigenvalue weighted by molar-refractivity contribution is -0.0469. The number of urea groups is 1. The molecule has 10 heteroatoms. The molecule has 8 nitrogen and oxygen atoms in total. The predicted octanol–water partition coefficient (Wildman–Crippen LogP) is 2.41. The Morgan fingerprint density at radius 3 is 2.81 bits per heavy atom. The quantitative estimate of drug-likeness (QED) is 0.897. The van der Waals surface area contributed by atoms with Crippen molar-refractivity contribution in [2.75, 3.05) is 19.9 Å². The van der Waals surface area contributed by atoms with Crippen LogP contribution in [0.25, 0.3) is 11.5 Å². The average Bonchev–Trinajstić information content (AvgIpc) is 3.28. The summed E-state index contributed by atoms with van der Waals surface area (Å²) in [5.74, 6) is -0.881. The monoisotopic (exact) mass is 366 g/mol. The second-order valence-electron chi connectivity index (χ2n) is 6.09. The van der Waals surface area contributed by atoms with E-state index in [1.807, 2.05) is 0 Å². The van der Waals surface area contributed by atoms with Crippen LogP contribution in [0.5, 0.6) is 11.5 Å². The minimum absolute atomic E-state index is 0.0214. The number of ether oxygens (including phenoxy) is 2. The normalized spacial score (nSPS) is 18.0. The number of carbonyl (C=O) groups is 1. The number of fused-ring (bicyclic) bond motifs is 1. The molecule has 1 fully saturated rings. The van der Waals surface area contributed by atoms with Gasteiger partial charge in [-0.05, 0) is 18.2 Å². The molecule has 4 rings (SSSR count). The van der Waals surface area contributed by atoms with E-state index in [4.69, 9.17) is 14.0 Å². The lowest BCUT2D eigenvalue weighted by Gasteiger charge is -2.31. The van der Waals surface area contributed by atoms with E-state index in [1.54, 1.807) is 18.2 Å². The minimum atomic E-state index is -2.69. The van der Waals surface area contributed by atoms with Crippen LogP contribution in [-0.4, -0.2) is 46.9 Å². The first-order chi connectivity index (χ1) is 12.5. The number of amides is 2. The van der Waals surface area contributed by atoms with Gasteiger partial charge >= 0.3 is 6.03 Å². The van der Waals surface area contributed by atoms with Crippen LogP contribution < -0.4 is 14.8 Å². The van der Waals surface area contributed by atoms with Crippen molar-refractivity contribution in [2.45, 2.75) is 25.3 Å². The predicted molar refractivity (Wildman–Crippen MR) is 83.8 cm³/mol. The van der Waals surface area contributed by atoms with Gasteiger partial charge in [-0.1, -0.05) is 5.16 Å². The van der Waals surface area contributed by atoms with Gasteiger partial charge in [-0.25, -0.2) is 13.6 Å². The van der Waals surface area contributed by atoms with Crippen LogP contribution in [0.2, 0.25) is 0 Å². The summed E-state index contributed by atoms with van der Waals surface area (Å²) in [5, 5.41) is 6.43. The van der Waals surface area contributed by atoms with Gasteiger partial charge in [0.05, 0.1) is 6.54 Å². The number of alkyl halides is 2. The fourth-order valence-corrected chi connectivity index (χ4v) is 2.78. The molecular formula is C16H16F2N4O4. The Balaban J connectivity index is 1.35. The third-order valence-electron chi connectivity index (χ3n) is 4.27. The summed E-state index contributed by atoms with van der Waals surface area (Å²) >= 11 is 0. The van der Waals surface area contributed by atoms with Crippen molar-refractivity contribution in [3.05, 3.63) is 24.0 Å². The summed E-state index contributed by atoms with van der Waals surface area (Å²) in [6.45, 7) is 0.253. The van der Waals surface area contributed by atoms with E-state index in [2.05, 4.69) is 15.5 Å². The third kappa shape index (κ3) is 3.39. The van der Waals surface area contributed by atoms with Crippen LogP contribution in [0.4, 0.5) is 13.6 Å². The zero-order chi connectivity index (χ0) is 18.1. The van der Waals surface area contributed by atoms with E-state index in [0.717, 1.165) is 0 Å².